The van der Waals surface area contributed by atoms with Crippen LogP contribution in [-0.2, 0) is 28.5 Å². The summed E-state index contributed by atoms with van der Waals surface area (Å²) >= 11 is 0. The first-order valence-corrected chi connectivity index (χ1v) is 23.1. The Hall–Kier alpha value is -1.30. The van der Waals surface area contributed by atoms with Crippen molar-refractivity contribution < 1.29 is 49.0 Å². The van der Waals surface area contributed by atoms with Crippen LogP contribution in [0, 0.1) is 0 Å². The molecule has 1 saturated heterocycles. The van der Waals surface area contributed by atoms with E-state index in [1.165, 1.54) is 148 Å². The highest BCUT2D eigenvalue weighted by Gasteiger charge is 2.44. The van der Waals surface area contributed by atoms with E-state index in [-0.39, 0.29) is 32.0 Å². The van der Waals surface area contributed by atoms with Crippen molar-refractivity contribution in [3.63, 3.8) is 0 Å². The number of aliphatic hydroxyl groups excluding tert-OH is 4. The van der Waals surface area contributed by atoms with Gasteiger partial charge in [-0.2, -0.15) is 0 Å². The number of esters is 2. The third-order valence-electron chi connectivity index (χ3n) is 11.0. The molecule has 10 heteroatoms. The highest BCUT2D eigenvalue weighted by molar-refractivity contribution is 5.70. The van der Waals surface area contributed by atoms with Crippen LogP contribution in [-0.4, -0.2) is 89.0 Å². The minimum Gasteiger partial charge on any atom is -0.462 e. The summed E-state index contributed by atoms with van der Waals surface area (Å²) < 4.78 is 22.1. The van der Waals surface area contributed by atoms with E-state index in [0.29, 0.717) is 6.42 Å². The number of carbonyl (C=O) groups excluding carboxylic acids is 2. The largest absolute Gasteiger partial charge is 0.462 e. The Bertz CT molecular complexity index is 871. The Labute approximate surface area is 336 Å². The van der Waals surface area contributed by atoms with Gasteiger partial charge in [0.2, 0.25) is 0 Å². The monoisotopic (exact) mass is 787 g/mol. The van der Waals surface area contributed by atoms with Gasteiger partial charge >= 0.3 is 11.9 Å². The first kappa shape index (κ1) is 51.7. The molecule has 1 aliphatic rings. The number of carbonyl (C=O) groups is 2. The van der Waals surface area contributed by atoms with Crippen molar-refractivity contribution in [1.82, 2.24) is 0 Å². The molecule has 1 rings (SSSR count). The van der Waals surface area contributed by atoms with Crippen LogP contribution in [0.2, 0.25) is 0 Å². The molecule has 0 amide bonds. The summed E-state index contributed by atoms with van der Waals surface area (Å²) in [7, 11) is 0. The Morgan fingerprint density at radius 2 is 0.855 bits per heavy atom. The third-order valence-corrected chi connectivity index (χ3v) is 11.0. The van der Waals surface area contributed by atoms with Crippen LogP contribution < -0.4 is 0 Å². The van der Waals surface area contributed by atoms with Gasteiger partial charge in [0.25, 0.3) is 0 Å². The molecular formula is C45H86O10. The van der Waals surface area contributed by atoms with Crippen LogP contribution in [0.3, 0.4) is 0 Å². The van der Waals surface area contributed by atoms with Crippen molar-refractivity contribution in [2.45, 2.75) is 256 Å². The molecule has 0 radical (unpaired) electrons. The van der Waals surface area contributed by atoms with E-state index in [1.54, 1.807) is 0 Å². The second-order valence-electron chi connectivity index (χ2n) is 16.2. The zero-order valence-corrected chi connectivity index (χ0v) is 35.5. The maximum Gasteiger partial charge on any atom is 0.306 e. The Kier molecular flexibility index (Phi) is 34.8. The fraction of sp³-hybridized carbons (Fsp3) is 0.956. The third kappa shape index (κ3) is 28.7. The average Bonchev–Trinajstić information content (AvgIpc) is 3.18. The van der Waals surface area contributed by atoms with Crippen molar-refractivity contribution in [2.24, 2.45) is 0 Å². The molecule has 0 aromatic heterocycles. The standard InChI is InChI=1S/C45H86O10/c1-3-5-7-9-11-13-14-15-16-17-18-19-20-21-22-23-24-26-28-30-32-34-41(48)54-38(37-53-45-44(51)43(50)42(49)39(35-46)55-45)36-52-40(47)33-31-29-27-25-12-10-8-6-4-2/h38-39,42-46,49-51H,3-37H2,1-2H3/t38-,39-,42+,43?,44?,45-/m1/s1. The van der Waals surface area contributed by atoms with Gasteiger partial charge in [-0.25, -0.2) is 0 Å². The fourth-order valence-corrected chi connectivity index (χ4v) is 7.31. The van der Waals surface area contributed by atoms with Crippen molar-refractivity contribution in [3.8, 4) is 0 Å². The first-order valence-electron chi connectivity index (χ1n) is 23.1. The molecule has 0 aromatic carbocycles. The number of hydrogen-bond donors (Lipinski definition) is 4. The smallest absolute Gasteiger partial charge is 0.306 e. The molecule has 0 bridgehead atoms. The summed E-state index contributed by atoms with van der Waals surface area (Å²) in [6, 6.07) is 0. The molecule has 6 atom stereocenters. The van der Waals surface area contributed by atoms with Gasteiger partial charge in [0.1, 0.15) is 31.0 Å². The lowest BCUT2D eigenvalue weighted by molar-refractivity contribution is -0.305. The summed E-state index contributed by atoms with van der Waals surface area (Å²) in [6.07, 6.45) is 29.8. The molecule has 326 valence electrons. The lowest BCUT2D eigenvalue weighted by Crippen LogP contribution is -2.59. The normalized spacial score (nSPS) is 20.4. The fourth-order valence-electron chi connectivity index (χ4n) is 7.31. The van der Waals surface area contributed by atoms with E-state index in [4.69, 9.17) is 18.9 Å². The van der Waals surface area contributed by atoms with Crippen molar-refractivity contribution >= 4 is 11.9 Å². The molecule has 1 aliphatic heterocycles. The lowest BCUT2D eigenvalue weighted by Gasteiger charge is -2.39. The summed E-state index contributed by atoms with van der Waals surface area (Å²) in [5, 5.41) is 40.0. The van der Waals surface area contributed by atoms with Gasteiger partial charge in [0.15, 0.2) is 12.4 Å². The summed E-state index contributed by atoms with van der Waals surface area (Å²) in [5.74, 6) is -0.795. The molecule has 2 unspecified atom stereocenters. The molecule has 1 fully saturated rings. The quantitative estimate of drug-likeness (QED) is 0.0350. The van der Waals surface area contributed by atoms with Crippen LogP contribution in [0.15, 0.2) is 0 Å². The second kappa shape index (κ2) is 37.0. The summed E-state index contributed by atoms with van der Waals surface area (Å²) in [6.45, 7) is 3.43. The highest BCUT2D eigenvalue weighted by Crippen LogP contribution is 2.23. The number of rotatable bonds is 39. The predicted molar refractivity (Wildman–Crippen MR) is 220 cm³/mol. The predicted octanol–water partition coefficient (Wildman–Crippen LogP) is 9.78. The minimum atomic E-state index is -1.59. The summed E-state index contributed by atoms with van der Waals surface area (Å²) in [5.41, 5.74) is 0. The topological polar surface area (TPSA) is 152 Å². The van der Waals surface area contributed by atoms with Crippen molar-refractivity contribution in [1.29, 1.82) is 0 Å². The van der Waals surface area contributed by atoms with Crippen molar-refractivity contribution in [2.75, 3.05) is 19.8 Å². The summed E-state index contributed by atoms with van der Waals surface area (Å²) in [4.78, 5) is 25.2. The average molecular weight is 787 g/mol. The Morgan fingerprint density at radius 3 is 1.24 bits per heavy atom. The molecule has 0 saturated carbocycles. The minimum absolute atomic E-state index is 0.210. The van der Waals surface area contributed by atoms with Crippen LogP contribution in [0.25, 0.3) is 0 Å². The van der Waals surface area contributed by atoms with Gasteiger partial charge in [-0.1, -0.05) is 194 Å². The number of unbranched alkanes of at least 4 members (excludes halogenated alkanes) is 28. The van der Waals surface area contributed by atoms with E-state index in [1.807, 2.05) is 0 Å². The highest BCUT2D eigenvalue weighted by atomic mass is 16.7. The van der Waals surface area contributed by atoms with Crippen LogP contribution in [0.4, 0.5) is 0 Å². The van der Waals surface area contributed by atoms with E-state index in [0.717, 1.165) is 38.5 Å². The zero-order valence-electron chi connectivity index (χ0n) is 35.5. The molecule has 4 N–H and O–H groups in total. The first-order chi connectivity index (χ1) is 26.8. The molecule has 1 heterocycles. The Balaban J connectivity index is 2.23. The van der Waals surface area contributed by atoms with E-state index in [9.17, 15) is 30.0 Å². The van der Waals surface area contributed by atoms with E-state index >= 15 is 0 Å². The SMILES string of the molecule is CCCCCCCCCCCCCCCCCCCCCCCC(=O)O[C@H](COC(=O)CCCCCCCCCCC)CO[C@@H]1O[C@H](CO)[C@H](O)C(O)C1O. The molecular weight excluding hydrogens is 700 g/mol. The van der Waals surface area contributed by atoms with Gasteiger partial charge in [0, 0.05) is 12.8 Å². The molecule has 0 aromatic rings. The maximum absolute atomic E-state index is 12.8. The number of aliphatic hydroxyl groups is 4. The maximum atomic E-state index is 12.8. The van der Waals surface area contributed by atoms with E-state index < -0.39 is 49.4 Å². The number of ether oxygens (including phenoxy) is 4. The molecule has 0 spiro atoms. The van der Waals surface area contributed by atoms with Gasteiger partial charge < -0.3 is 39.4 Å². The van der Waals surface area contributed by atoms with Gasteiger partial charge in [-0.05, 0) is 12.8 Å². The molecule has 10 nitrogen and oxygen atoms in total. The van der Waals surface area contributed by atoms with Crippen molar-refractivity contribution in [3.05, 3.63) is 0 Å². The van der Waals surface area contributed by atoms with Crippen LogP contribution in [0.1, 0.15) is 219 Å². The molecule has 55 heavy (non-hydrogen) atoms. The zero-order chi connectivity index (χ0) is 40.2. The number of hydrogen-bond acceptors (Lipinski definition) is 10. The second-order valence-corrected chi connectivity index (χ2v) is 16.2. The van der Waals surface area contributed by atoms with Crippen LogP contribution in [0.5, 0.6) is 0 Å². The van der Waals surface area contributed by atoms with E-state index in [2.05, 4.69) is 13.8 Å². The van der Waals surface area contributed by atoms with Gasteiger partial charge in [-0.3, -0.25) is 9.59 Å². The van der Waals surface area contributed by atoms with Gasteiger partial charge in [-0.15, -0.1) is 0 Å². The lowest BCUT2D eigenvalue weighted by atomic mass is 9.99. The molecule has 0 aliphatic carbocycles. The Morgan fingerprint density at radius 1 is 0.491 bits per heavy atom. The van der Waals surface area contributed by atoms with Crippen LogP contribution >= 0.6 is 0 Å². The van der Waals surface area contributed by atoms with Gasteiger partial charge in [0.05, 0.1) is 13.2 Å².